The third-order valence-electron chi connectivity index (χ3n) is 5.86. The van der Waals surface area contributed by atoms with Crippen molar-refractivity contribution in [1.29, 1.82) is 0 Å². The molecule has 1 saturated heterocycles. The first-order chi connectivity index (χ1) is 13.5. The summed E-state index contributed by atoms with van der Waals surface area (Å²) in [5.74, 6) is 0.278. The Labute approximate surface area is 175 Å². The Morgan fingerprint density at radius 3 is 2.64 bits per heavy atom. The van der Waals surface area contributed by atoms with Crippen LogP contribution in [0.1, 0.15) is 29.5 Å². The van der Waals surface area contributed by atoms with Gasteiger partial charge in [-0.3, -0.25) is 10.1 Å². The molecular weight excluding hydrogens is 395 g/mol. The number of phenols is 1. The van der Waals surface area contributed by atoms with E-state index in [0.29, 0.717) is 16.6 Å². The molecule has 1 atom stereocenters. The van der Waals surface area contributed by atoms with Gasteiger partial charge in [0.15, 0.2) is 5.78 Å². The number of rotatable bonds is 5. The Morgan fingerprint density at radius 1 is 1.11 bits per heavy atom. The topological polar surface area (TPSA) is 52.6 Å². The number of benzene rings is 2. The van der Waals surface area contributed by atoms with Gasteiger partial charge in [0, 0.05) is 19.5 Å². The maximum absolute atomic E-state index is 13.7. The van der Waals surface area contributed by atoms with Gasteiger partial charge in [0.1, 0.15) is 11.3 Å². The number of carbonyl (C=O) groups excluding carboxylic acids is 1. The van der Waals surface area contributed by atoms with Gasteiger partial charge in [0.05, 0.1) is 10.0 Å². The van der Waals surface area contributed by atoms with Crippen LogP contribution in [-0.4, -0.2) is 42.0 Å². The predicted molar refractivity (Wildman–Crippen MR) is 112 cm³/mol. The molecule has 2 aliphatic heterocycles. The summed E-state index contributed by atoms with van der Waals surface area (Å²) in [6.45, 7) is 3.34. The molecule has 28 heavy (non-hydrogen) atoms. The molecule has 6 heteroatoms. The van der Waals surface area contributed by atoms with Gasteiger partial charge in [-0.1, -0.05) is 35.3 Å². The summed E-state index contributed by atoms with van der Waals surface area (Å²) in [5.41, 5.74) is 2.03. The number of nitrogens with one attached hydrogen (secondary N) is 1. The quantitative estimate of drug-likeness (QED) is 0.771. The molecule has 1 unspecified atom stereocenters. The molecule has 0 saturated carbocycles. The number of hydrogen-bond donors (Lipinski definition) is 2. The summed E-state index contributed by atoms with van der Waals surface area (Å²) in [4.78, 5) is 16.0. The summed E-state index contributed by atoms with van der Waals surface area (Å²) in [5, 5.41) is 14.6. The molecule has 4 nitrogen and oxygen atoms in total. The summed E-state index contributed by atoms with van der Waals surface area (Å²) in [6.07, 6.45) is 3.41. The number of fused-ring (bicyclic) bond motifs is 1. The number of nitrogens with zero attached hydrogens (tertiary/aromatic N) is 1. The standard InChI is InChI=1S/C22H24Cl2N2O2/c23-19-6-3-15(11-20(19)24)12-21(28)22(14-26-9-1-2-10-26)18-13-17(27)5-4-16(18)7-8-25-22/h3-6,11,13,25,27H,1-2,7-10,12,14H2. The summed E-state index contributed by atoms with van der Waals surface area (Å²) in [6, 6.07) is 10.7. The number of hydrogen-bond acceptors (Lipinski definition) is 4. The zero-order valence-electron chi connectivity index (χ0n) is 15.7. The second-order valence-corrected chi connectivity index (χ2v) is 8.57. The number of Topliss-reactive ketones (excluding diaryl/α,β-unsaturated/α-hetero) is 1. The average Bonchev–Trinajstić information content (AvgIpc) is 3.18. The number of carbonyl (C=O) groups is 1. The van der Waals surface area contributed by atoms with E-state index in [1.807, 2.05) is 12.1 Å². The van der Waals surface area contributed by atoms with Crippen LogP contribution in [0.4, 0.5) is 0 Å². The lowest BCUT2D eigenvalue weighted by Gasteiger charge is -2.41. The minimum absolute atomic E-state index is 0.0874. The van der Waals surface area contributed by atoms with Crippen molar-refractivity contribution < 1.29 is 9.90 Å². The summed E-state index contributed by atoms with van der Waals surface area (Å²) >= 11 is 12.2. The molecule has 2 N–H and O–H groups in total. The second-order valence-electron chi connectivity index (χ2n) is 7.76. The van der Waals surface area contributed by atoms with Crippen molar-refractivity contribution in [3.8, 4) is 5.75 Å². The van der Waals surface area contributed by atoms with Gasteiger partial charge in [-0.25, -0.2) is 0 Å². The van der Waals surface area contributed by atoms with Crippen LogP contribution in [0.5, 0.6) is 5.75 Å². The van der Waals surface area contributed by atoms with Crippen LogP contribution in [0.2, 0.25) is 10.0 Å². The van der Waals surface area contributed by atoms with E-state index in [0.717, 1.165) is 55.6 Å². The van der Waals surface area contributed by atoms with Crippen LogP contribution in [0.15, 0.2) is 36.4 Å². The molecule has 2 aromatic carbocycles. The minimum atomic E-state index is -0.831. The Hall–Kier alpha value is -1.59. The van der Waals surface area contributed by atoms with Crippen LogP contribution in [0.3, 0.4) is 0 Å². The molecule has 148 valence electrons. The van der Waals surface area contributed by atoms with E-state index in [1.165, 1.54) is 0 Å². The lowest BCUT2D eigenvalue weighted by atomic mass is 9.77. The van der Waals surface area contributed by atoms with Gasteiger partial charge in [0.25, 0.3) is 0 Å². The molecular formula is C22H24Cl2N2O2. The van der Waals surface area contributed by atoms with Gasteiger partial charge in [-0.2, -0.15) is 0 Å². The fraction of sp³-hybridized carbons (Fsp3) is 0.409. The fourth-order valence-electron chi connectivity index (χ4n) is 4.43. The molecule has 2 aromatic rings. The number of likely N-dealkylation sites (tertiary alicyclic amines) is 1. The van der Waals surface area contributed by atoms with Crippen molar-refractivity contribution in [3.63, 3.8) is 0 Å². The highest BCUT2D eigenvalue weighted by molar-refractivity contribution is 6.42. The number of ketones is 1. The van der Waals surface area contributed by atoms with Crippen molar-refractivity contribution in [3.05, 3.63) is 63.1 Å². The van der Waals surface area contributed by atoms with Crippen molar-refractivity contribution in [2.24, 2.45) is 0 Å². The fourth-order valence-corrected chi connectivity index (χ4v) is 4.75. The largest absolute Gasteiger partial charge is 0.508 e. The molecule has 2 aliphatic rings. The van der Waals surface area contributed by atoms with Gasteiger partial charge in [-0.15, -0.1) is 0 Å². The third kappa shape index (κ3) is 3.79. The van der Waals surface area contributed by atoms with Gasteiger partial charge >= 0.3 is 0 Å². The first-order valence-electron chi connectivity index (χ1n) is 9.75. The molecule has 0 aliphatic carbocycles. The minimum Gasteiger partial charge on any atom is -0.508 e. The highest BCUT2D eigenvalue weighted by Crippen LogP contribution is 2.35. The summed E-state index contributed by atoms with van der Waals surface area (Å²) < 4.78 is 0. The monoisotopic (exact) mass is 418 g/mol. The Morgan fingerprint density at radius 2 is 1.89 bits per heavy atom. The molecule has 0 radical (unpaired) electrons. The van der Waals surface area contributed by atoms with E-state index in [1.54, 1.807) is 24.3 Å². The zero-order valence-corrected chi connectivity index (χ0v) is 17.2. The van der Waals surface area contributed by atoms with E-state index < -0.39 is 5.54 Å². The van der Waals surface area contributed by atoms with E-state index in [-0.39, 0.29) is 18.0 Å². The van der Waals surface area contributed by atoms with Gasteiger partial charge in [-0.05, 0) is 73.3 Å². The highest BCUT2D eigenvalue weighted by atomic mass is 35.5. The first kappa shape index (κ1) is 19.7. The normalized spacial score (nSPS) is 22.2. The van der Waals surface area contributed by atoms with Crippen molar-refractivity contribution in [2.45, 2.75) is 31.2 Å². The SMILES string of the molecule is O=C(Cc1ccc(Cl)c(Cl)c1)C1(CN2CCCC2)NCCc2ccc(O)cc21. The summed E-state index contributed by atoms with van der Waals surface area (Å²) in [7, 11) is 0. The van der Waals surface area contributed by atoms with Crippen LogP contribution >= 0.6 is 23.2 Å². The molecule has 0 aromatic heterocycles. The van der Waals surface area contributed by atoms with Crippen LogP contribution < -0.4 is 5.32 Å². The van der Waals surface area contributed by atoms with Crippen LogP contribution in [0.25, 0.3) is 0 Å². The van der Waals surface area contributed by atoms with E-state index >= 15 is 0 Å². The average molecular weight is 419 g/mol. The van der Waals surface area contributed by atoms with Crippen molar-refractivity contribution in [2.75, 3.05) is 26.2 Å². The Kier molecular flexibility index (Phi) is 5.66. The third-order valence-corrected chi connectivity index (χ3v) is 6.60. The van der Waals surface area contributed by atoms with E-state index in [9.17, 15) is 9.90 Å². The Bertz CT molecular complexity index is 896. The van der Waals surface area contributed by atoms with Crippen molar-refractivity contribution in [1.82, 2.24) is 10.2 Å². The second kappa shape index (κ2) is 8.03. The maximum atomic E-state index is 13.7. The predicted octanol–water partition coefficient (Wildman–Crippen LogP) is 3.95. The lowest BCUT2D eigenvalue weighted by molar-refractivity contribution is -0.126. The Balaban J connectivity index is 1.72. The van der Waals surface area contributed by atoms with Crippen LogP contribution in [-0.2, 0) is 23.2 Å². The zero-order chi connectivity index (χ0) is 19.7. The number of halogens is 2. The molecule has 2 heterocycles. The highest BCUT2D eigenvalue weighted by Gasteiger charge is 2.44. The van der Waals surface area contributed by atoms with Crippen LogP contribution in [0, 0.1) is 0 Å². The molecule has 1 fully saturated rings. The molecule has 0 amide bonds. The first-order valence-corrected chi connectivity index (χ1v) is 10.5. The number of phenolic OH excluding ortho intramolecular Hbond substituents is 1. The number of aromatic hydroxyl groups is 1. The maximum Gasteiger partial charge on any atom is 0.163 e. The molecule has 4 rings (SSSR count). The molecule has 0 bridgehead atoms. The lowest BCUT2D eigenvalue weighted by Crippen LogP contribution is -2.59. The smallest absolute Gasteiger partial charge is 0.163 e. The molecule has 0 spiro atoms. The van der Waals surface area contributed by atoms with Gasteiger partial charge < -0.3 is 10.0 Å². The van der Waals surface area contributed by atoms with Crippen molar-refractivity contribution >= 4 is 29.0 Å². The van der Waals surface area contributed by atoms with E-state index in [2.05, 4.69) is 10.2 Å². The van der Waals surface area contributed by atoms with Gasteiger partial charge in [0.2, 0.25) is 0 Å². The van der Waals surface area contributed by atoms with E-state index in [4.69, 9.17) is 23.2 Å².